The number of anilines is 1. The van der Waals surface area contributed by atoms with E-state index in [1.807, 2.05) is 6.07 Å². The van der Waals surface area contributed by atoms with Crippen LogP contribution in [0.4, 0.5) is 11.4 Å². The molecule has 1 saturated carbocycles. The maximum Gasteiger partial charge on any atom is 0.293 e. The normalized spacial score (nSPS) is 27.0. The third-order valence-electron chi connectivity index (χ3n) is 4.20. The molecule has 1 fully saturated rings. The zero-order valence-electron chi connectivity index (χ0n) is 11.2. The van der Waals surface area contributed by atoms with Crippen molar-refractivity contribution in [2.45, 2.75) is 39.2 Å². The first-order valence-corrected chi connectivity index (χ1v) is 7.49. The third kappa shape index (κ3) is 3.26. The van der Waals surface area contributed by atoms with E-state index in [1.165, 1.54) is 12.8 Å². The van der Waals surface area contributed by atoms with Gasteiger partial charge in [0.2, 0.25) is 0 Å². The second-order valence-electron chi connectivity index (χ2n) is 5.44. The summed E-state index contributed by atoms with van der Waals surface area (Å²) in [5.74, 6) is 1.21. The fourth-order valence-electron chi connectivity index (χ4n) is 2.76. The van der Waals surface area contributed by atoms with Crippen LogP contribution in [0.15, 0.2) is 22.7 Å². The maximum atomic E-state index is 11.1. The largest absolute Gasteiger partial charge is 0.376 e. The molecule has 1 aromatic carbocycles. The predicted molar refractivity (Wildman–Crippen MR) is 80.4 cm³/mol. The summed E-state index contributed by atoms with van der Waals surface area (Å²) in [6, 6.07) is 5.50. The minimum atomic E-state index is -0.329. The fraction of sp³-hybridized carbons (Fsp3) is 0.571. The number of rotatable bonds is 3. The summed E-state index contributed by atoms with van der Waals surface area (Å²) in [4.78, 5) is 10.8. The van der Waals surface area contributed by atoms with Crippen LogP contribution in [0.3, 0.4) is 0 Å². The van der Waals surface area contributed by atoms with Crippen LogP contribution in [0.5, 0.6) is 0 Å². The molecule has 0 unspecified atom stereocenters. The second-order valence-corrected chi connectivity index (χ2v) is 6.35. The quantitative estimate of drug-likeness (QED) is 0.652. The Hall–Kier alpha value is -1.10. The molecule has 0 spiro atoms. The molecule has 3 atom stereocenters. The number of nitrogens with zero attached hydrogens (tertiary/aromatic N) is 1. The van der Waals surface area contributed by atoms with E-state index in [0.29, 0.717) is 23.6 Å². The van der Waals surface area contributed by atoms with Crippen LogP contribution in [0, 0.1) is 22.0 Å². The maximum absolute atomic E-state index is 11.1. The predicted octanol–water partition coefficient (Wildman–Crippen LogP) is 4.59. The van der Waals surface area contributed by atoms with Gasteiger partial charge in [-0.15, -0.1) is 0 Å². The third-order valence-corrected chi connectivity index (χ3v) is 4.70. The molecule has 0 aliphatic heterocycles. The lowest BCUT2D eigenvalue weighted by Crippen LogP contribution is -2.35. The molecule has 0 heterocycles. The lowest BCUT2D eigenvalue weighted by atomic mass is 9.78. The lowest BCUT2D eigenvalue weighted by molar-refractivity contribution is -0.384. The topological polar surface area (TPSA) is 55.2 Å². The van der Waals surface area contributed by atoms with Gasteiger partial charge in [-0.2, -0.15) is 0 Å². The van der Waals surface area contributed by atoms with Crippen LogP contribution in [-0.2, 0) is 0 Å². The van der Waals surface area contributed by atoms with E-state index in [2.05, 4.69) is 35.1 Å². The van der Waals surface area contributed by atoms with E-state index >= 15 is 0 Å². The highest BCUT2D eigenvalue weighted by Gasteiger charge is 2.28. The summed E-state index contributed by atoms with van der Waals surface area (Å²) in [6.45, 7) is 4.49. The van der Waals surface area contributed by atoms with Crippen molar-refractivity contribution >= 4 is 27.3 Å². The number of hydrogen-bond acceptors (Lipinski definition) is 3. The summed E-state index contributed by atoms with van der Waals surface area (Å²) in [6.07, 6.45) is 3.52. The molecule has 0 bridgehead atoms. The monoisotopic (exact) mass is 326 g/mol. The van der Waals surface area contributed by atoms with Crippen molar-refractivity contribution in [1.82, 2.24) is 0 Å². The molecule has 0 radical (unpaired) electrons. The van der Waals surface area contributed by atoms with E-state index in [9.17, 15) is 10.1 Å². The Morgan fingerprint density at radius 1 is 1.37 bits per heavy atom. The Morgan fingerprint density at radius 2 is 2.11 bits per heavy atom. The summed E-state index contributed by atoms with van der Waals surface area (Å²) in [7, 11) is 0. The molecule has 0 saturated heterocycles. The molecule has 1 N–H and O–H groups in total. The number of nitrogens with one attached hydrogen (secondary N) is 1. The second kappa shape index (κ2) is 5.90. The van der Waals surface area contributed by atoms with E-state index in [-0.39, 0.29) is 10.6 Å². The van der Waals surface area contributed by atoms with Crippen LogP contribution in [0.2, 0.25) is 0 Å². The van der Waals surface area contributed by atoms with Gasteiger partial charge in [-0.25, -0.2) is 0 Å². The fourth-order valence-corrected chi connectivity index (χ4v) is 3.11. The molecule has 1 aliphatic carbocycles. The molecule has 0 amide bonds. The van der Waals surface area contributed by atoms with Gasteiger partial charge in [-0.3, -0.25) is 10.1 Å². The molecule has 19 heavy (non-hydrogen) atoms. The highest BCUT2D eigenvalue weighted by molar-refractivity contribution is 9.10. The number of nitro groups is 1. The van der Waals surface area contributed by atoms with Gasteiger partial charge >= 0.3 is 0 Å². The van der Waals surface area contributed by atoms with Crippen LogP contribution in [0.25, 0.3) is 0 Å². The van der Waals surface area contributed by atoms with Crippen molar-refractivity contribution in [3.05, 3.63) is 32.8 Å². The SMILES string of the molecule is C[C@H]1[C@@H](Nc2ccc(Br)cc2[N+](=O)[O-])CCC[C@@H]1C. The molecule has 0 aromatic heterocycles. The molecule has 104 valence electrons. The molecular weight excluding hydrogens is 308 g/mol. The number of nitro benzene ring substituents is 1. The lowest BCUT2D eigenvalue weighted by Gasteiger charge is -2.35. The minimum Gasteiger partial charge on any atom is -0.376 e. The number of halogens is 1. The summed E-state index contributed by atoms with van der Waals surface area (Å²) in [5, 5.41) is 14.5. The van der Waals surface area contributed by atoms with Gasteiger partial charge in [0.05, 0.1) is 4.92 Å². The Kier molecular flexibility index (Phi) is 4.45. The summed E-state index contributed by atoms with van der Waals surface area (Å²) in [5.41, 5.74) is 0.763. The van der Waals surface area contributed by atoms with Gasteiger partial charge in [-0.05, 0) is 30.4 Å². The number of benzene rings is 1. The van der Waals surface area contributed by atoms with Gasteiger partial charge in [0.25, 0.3) is 5.69 Å². The average Bonchev–Trinajstić information content (AvgIpc) is 2.36. The van der Waals surface area contributed by atoms with E-state index < -0.39 is 0 Å². The van der Waals surface area contributed by atoms with E-state index in [0.717, 1.165) is 10.9 Å². The Labute approximate surface area is 121 Å². The van der Waals surface area contributed by atoms with Crippen LogP contribution in [-0.4, -0.2) is 11.0 Å². The van der Waals surface area contributed by atoms with Gasteiger partial charge in [0.1, 0.15) is 5.69 Å². The average molecular weight is 327 g/mol. The van der Waals surface area contributed by atoms with Crippen molar-refractivity contribution in [2.75, 3.05) is 5.32 Å². The summed E-state index contributed by atoms with van der Waals surface area (Å²) < 4.78 is 0.731. The van der Waals surface area contributed by atoms with Crippen LogP contribution >= 0.6 is 15.9 Å². The number of hydrogen-bond donors (Lipinski definition) is 1. The van der Waals surface area contributed by atoms with Crippen molar-refractivity contribution < 1.29 is 4.92 Å². The molecule has 2 rings (SSSR count). The minimum absolute atomic E-state index is 0.139. The van der Waals surface area contributed by atoms with Gasteiger partial charge in [0.15, 0.2) is 0 Å². The zero-order chi connectivity index (χ0) is 14.0. The summed E-state index contributed by atoms with van der Waals surface area (Å²) >= 11 is 3.28. The standard InChI is InChI=1S/C14H19BrN2O2/c1-9-4-3-5-12(10(9)2)16-13-7-6-11(15)8-14(13)17(18)19/h6-10,12,16H,3-5H2,1-2H3/t9-,10+,12-/m0/s1. The first kappa shape index (κ1) is 14.3. The van der Waals surface area contributed by atoms with Crippen molar-refractivity contribution in [2.24, 2.45) is 11.8 Å². The highest BCUT2D eigenvalue weighted by Crippen LogP contribution is 2.34. The Bertz CT molecular complexity index is 479. The van der Waals surface area contributed by atoms with Gasteiger partial charge in [0, 0.05) is 16.6 Å². The molecule has 1 aromatic rings. The van der Waals surface area contributed by atoms with Crippen LogP contribution in [0.1, 0.15) is 33.1 Å². The van der Waals surface area contributed by atoms with Crippen molar-refractivity contribution in [1.29, 1.82) is 0 Å². The zero-order valence-corrected chi connectivity index (χ0v) is 12.8. The van der Waals surface area contributed by atoms with E-state index in [4.69, 9.17) is 0 Å². The highest BCUT2D eigenvalue weighted by atomic mass is 79.9. The molecule has 1 aliphatic rings. The Morgan fingerprint density at radius 3 is 2.79 bits per heavy atom. The van der Waals surface area contributed by atoms with Crippen molar-refractivity contribution in [3.8, 4) is 0 Å². The first-order chi connectivity index (χ1) is 8.99. The van der Waals surface area contributed by atoms with Crippen molar-refractivity contribution in [3.63, 3.8) is 0 Å². The molecular formula is C14H19BrN2O2. The first-order valence-electron chi connectivity index (χ1n) is 6.69. The van der Waals surface area contributed by atoms with Gasteiger partial charge in [-0.1, -0.05) is 42.6 Å². The van der Waals surface area contributed by atoms with Crippen LogP contribution < -0.4 is 5.32 Å². The Balaban J connectivity index is 2.21. The van der Waals surface area contributed by atoms with E-state index in [1.54, 1.807) is 12.1 Å². The molecule has 4 nitrogen and oxygen atoms in total. The molecule has 5 heteroatoms. The van der Waals surface area contributed by atoms with Gasteiger partial charge < -0.3 is 5.32 Å². The smallest absolute Gasteiger partial charge is 0.293 e.